The van der Waals surface area contributed by atoms with Gasteiger partial charge in [-0.1, -0.05) is 54.6 Å². The van der Waals surface area contributed by atoms with E-state index in [2.05, 4.69) is 69.0 Å². The van der Waals surface area contributed by atoms with Crippen molar-refractivity contribution in [3.63, 3.8) is 0 Å². The molecule has 0 N–H and O–H groups in total. The first-order chi connectivity index (χ1) is 8.70. The highest BCUT2D eigenvalue weighted by atomic mass is 14.1. The maximum Gasteiger partial charge on any atom is -0.0178 e. The average Bonchev–Trinajstić information content (AvgIpc) is 2.43. The molecule has 0 aromatic heterocycles. The Morgan fingerprint density at radius 1 is 1.06 bits per heavy atom. The number of rotatable bonds is 4. The Balaban J connectivity index is 2.18. The number of hydrogen-bond donors (Lipinski definition) is 0. The van der Waals surface area contributed by atoms with Gasteiger partial charge in [-0.05, 0) is 54.7 Å². The van der Waals surface area contributed by atoms with Gasteiger partial charge in [0, 0.05) is 0 Å². The lowest BCUT2D eigenvalue weighted by atomic mass is 9.98. The number of benzene rings is 2. The third-order valence-electron chi connectivity index (χ3n) is 3.47. The molecule has 2 rings (SSSR count). The first kappa shape index (κ1) is 12.6. The summed E-state index contributed by atoms with van der Waals surface area (Å²) in [6.45, 7) is 8.48. The summed E-state index contributed by atoms with van der Waals surface area (Å²) in [6.07, 6.45) is 4.31. The van der Waals surface area contributed by atoms with E-state index < -0.39 is 0 Å². The molecule has 0 heteroatoms. The molecular weight excluding hydrogens is 216 g/mol. The Labute approximate surface area is 110 Å². The Kier molecular flexibility index (Phi) is 3.99. The molecular formula is C18H20. The normalized spacial score (nSPS) is 11.8. The molecule has 92 valence electrons. The zero-order valence-corrected chi connectivity index (χ0v) is 11.2. The summed E-state index contributed by atoms with van der Waals surface area (Å²) in [7, 11) is 0. The second-order valence-corrected chi connectivity index (χ2v) is 4.80. The third kappa shape index (κ3) is 2.89. The van der Waals surface area contributed by atoms with Crippen LogP contribution >= 0.6 is 0 Å². The molecule has 0 fully saturated rings. The molecule has 0 aliphatic heterocycles. The van der Waals surface area contributed by atoms with Crippen molar-refractivity contribution in [2.24, 2.45) is 0 Å². The Morgan fingerprint density at radius 2 is 1.78 bits per heavy atom. The van der Waals surface area contributed by atoms with Crippen LogP contribution in [0.4, 0.5) is 0 Å². The molecule has 0 saturated heterocycles. The van der Waals surface area contributed by atoms with E-state index >= 15 is 0 Å². The van der Waals surface area contributed by atoms with Crippen LogP contribution in [-0.4, -0.2) is 0 Å². The minimum absolute atomic E-state index is 1.04. The molecule has 0 bridgehead atoms. The summed E-state index contributed by atoms with van der Waals surface area (Å²) in [4.78, 5) is 0. The standard InChI is InChI=1S/C18H20/c1-4-14(2)9-10-15(3)17-12-11-16-7-5-6-8-18(16)13-17/h4-8,11-13H,3,9-10H2,1-2H3/b14-4-. The van der Waals surface area contributed by atoms with Crippen LogP contribution in [0.15, 0.2) is 60.7 Å². The molecule has 2 aromatic rings. The summed E-state index contributed by atoms with van der Waals surface area (Å²) in [5.41, 5.74) is 3.91. The first-order valence-corrected chi connectivity index (χ1v) is 6.49. The summed E-state index contributed by atoms with van der Waals surface area (Å²) >= 11 is 0. The van der Waals surface area contributed by atoms with Crippen LogP contribution in [0.1, 0.15) is 32.3 Å². The van der Waals surface area contributed by atoms with Gasteiger partial charge in [-0.2, -0.15) is 0 Å². The predicted octanol–water partition coefficient (Wildman–Crippen LogP) is 5.60. The fraction of sp³-hybridized carbons (Fsp3) is 0.222. The molecule has 18 heavy (non-hydrogen) atoms. The highest BCUT2D eigenvalue weighted by Crippen LogP contribution is 2.24. The van der Waals surface area contributed by atoms with Gasteiger partial charge in [0.2, 0.25) is 0 Å². The Morgan fingerprint density at radius 3 is 2.50 bits per heavy atom. The van der Waals surface area contributed by atoms with Crippen LogP contribution in [0.25, 0.3) is 16.3 Å². The van der Waals surface area contributed by atoms with Gasteiger partial charge in [0.05, 0.1) is 0 Å². The molecule has 0 nitrogen and oxygen atoms in total. The van der Waals surface area contributed by atoms with Crippen molar-refractivity contribution < 1.29 is 0 Å². The predicted molar refractivity (Wildman–Crippen MR) is 81.6 cm³/mol. The molecule has 0 unspecified atom stereocenters. The monoisotopic (exact) mass is 236 g/mol. The van der Waals surface area contributed by atoms with Crippen LogP contribution in [0.5, 0.6) is 0 Å². The molecule has 0 aliphatic carbocycles. The van der Waals surface area contributed by atoms with E-state index in [1.165, 1.54) is 27.5 Å². The molecule has 2 aromatic carbocycles. The number of hydrogen-bond acceptors (Lipinski definition) is 0. The van der Waals surface area contributed by atoms with Crippen molar-refractivity contribution in [3.8, 4) is 0 Å². The fourth-order valence-electron chi connectivity index (χ4n) is 2.05. The summed E-state index contributed by atoms with van der Waals surface area (Å²) in [5, 5.41) is 2.58. The van der Waals surface area contributed by atoms with Crippen LogP contribution in [0.3, 0.4) is 0 Å². The summed E-state index contributed by atoms with van der Waals surface area (Å²) in [5.74, 6) is 0. The SMILES string of the molecule is C=C(CC/C(C)=C\C)c1ccc2ccccc2c1. The van der Waals surface area contributed by atoms with E-state index in [1.807, 2.05) is 0 Å². The van der Waals surface area contributed by atoms with Crippen molar-refractivity contribution >= 4 is 16.3 Å². The van der Waals surface area contributed by atoms with Crippen molar-refractivity contribution in [1.82, 2.24) is 0 Å². The van der Waals surface area contributed by atoms with Crippen molar-refractivity contribution in [3.05, 3.63) is 66.3 Å². The van der Waals surface area contributed by atoms with E-state index in [0.717, 1.165) is 12.8 Å². The largest absolute Gasteiger partial charge is 0.0952 e. The maximum absolute atomic E-state index is 4.21. The smallest absolute Gasteiger partial charge is 0.0178 e. The van der Waals surface area contributed by atoms with Crippen molar-refractivity contribution in [2.75, 3.05) is 0 Å². The number of fused-ring (bicyclic) bond motifs is 1. The molecule has 0 atom stereocenters. The van der Waals surface area contributed by atoms with E-state index in [0.29, 0.717) is 0 Å². The molecule has 0 radical (unpaired) electrons. The van der Waals surface area contributed by atoms with E-state index in [4.69, 9.17) is 0 Å². The third-order valence-corrected chi connectivity index (χ3v) is 3.47. The van der Waals surface area contributed by atoms with Gasteiger partial charge in [0.25, 0.3) is 0 Å². The average molecular weight is 236 g/mol. The van der Waals surface area contributed by atoms with Gasteiger partial charge in [-0.15, -0.1) is 0 Å². The van der Waals surface area contributed by atoms with Gasteiger partial charge in [-0.3, -0.25) is 0 Å². The van der Waals surface area contributed by atoms with Gasteiger partial charge in [0.1, 0.15) is 0 Å². The van der Waals surface area contributed by atoms with Gasteiger partial charge < -0.3 is 0 Å². The van der Waals surface area contributed by atoms with Crippen LogP contribution < -0.4 is 0 Å². The van der Waals surface area contributed by atoms with Crippen molar-refractivity contribution in [2.45, 2.75) is 26.7 Å². The van der Waals surface area contributed by atoms with E-state index in [-0.39, 0.29) is 0 Å². The minimum atomic E-state index is 1.04. The van der Waals surface area contributed by atoms with E-state index in [9.17, 15) is 0 Å². The zero-order valence-electron chi connectivity index (χ0n) is 11.2. The topological polar surface area (TPSA) is 0 Å². The summed E-state index contributed by atoms with van der Waals surface area (Å²) in [6, 6.07) is 15.1. The number of allylic oxidation sites excluding steroid dienone is 3. The maximum atomic E-state index is 4.21. The molecule has 0 spiro atoms. The second kappa shape index (κ2) is 5.68. The van der Waals surface area contributed by atoms with Gasteiger partial charge >= 0.3 is 0 Å². The summed E-state index contributed by atoms with van der Waals surface area (Å²) < 4.78 is 0. The van der Waals surface area contributed by atoms with Crippen LogP contribution in [0, 0.1) is 0 Å². The first-order valence-electron chi connectivity index (χ1n) is 6.49. The minimum Gasteiger partial charge on any atom is -0.0952 e. The van der Waals surface area contributed by atoms with E-state index in [1.54, 1.807) is 0 Å². The Bertz CT molecular complexity index is 588. The second-order valence-electron chi connectivity index (χ2n) is 4.80. The van der Waals surface area contributed by atoms with Crippen molar-refractivity contribution in [1.29, 1.82) is 0 Å². The lowest BCUT2D eigenvalue weighted by Gasteiger charge is -2.08. The Hall–Kier alpha value is -1.82. The highest BCUT2D eigenvalue weighted by molar-refractivity contribution is 5.86. The fourth-order valence-corrected chi connectivity index (χ4v) is 2.05. The molecule has 0 saturated carbocycles. The van der Waals surface area contributed by atoms with Crippen LogP contribution in [-0.2, 0) is 0 Å². The van der Waals surface area contributed by atoms with Gasteiger partial charge in [-0.25, -0.2) is 0 Å². The highest BCUT2D eigenvalue weighted by Gasteiger charge is 2.01. The molecule has 0 aliphatic rings. The zero-order chi connectivity index (χ0) is 13.0. The molecule has 0 amide bonds. The quantitative estimate of drug-likeness (QED) is 0.606. The van der Waals surface area contributed by atoms with Gasteiger partial charge in [0.15, 0.2) is 0 Å². The molecule has 0 heterocycles. The lowest BCUT2D eigenvalue weighted by Crippen LogP contribution is -1.85. The lowest BCUT2D eigenvalue weighted by molar-refractivity contribution is 0.990. The van der Waals surface area contributed by atoms with Crippen LogP contribution in [0.2, 0.25) is 0 Å².